The number of fused-ring (bicyclic) bond motifs is 1. The summed E-state index contributed by atoms with van der Waals surface area (Å²) in [5.74, 6) is 1.47. The summed E-state index contributed by atoms with van der Waals surface area (Å²) >= 11 is 5.79. The number of nitrogens with one attached hydrogen (secondary N) is 1. The average molecular weight is 332 g/mol. The second-order valence-electron chi connectivity index (χ2n) is 5.38. The first-order chi connectivity index (χ1) is 11.2. The fourth-order valence-corrected chi connectivity index (χ4v) is 2.60. The second kappa shape index (κ2) is 7.38. The minimum atomic E-state index is -0.135. The molecule has 1 aliphatic heterocycles. The third-order valence-corrected chi connectivity index (χ3v) is 3.93. The first-order valence-electron chi connectivity index (χ1n) is 7.60. The maximum atomic E-state index is 11.8. The van der Waals surface area contributed by atoms with Crippen molar-refractivity contribution in [3.8, 4) is 11.5 Å². The lowest BCUT2D eigenvalue weighted by Gasteiger charge is -2.08. The molecule has 2 aromatic carbocycles. The molecule has 0 saturated heterocycles. The quantitative estimate of drug-likeness (QED) is 0.885. The normalized spacial score (nSPS) is 12.4. The minimum Gasteiger partial charge on any atom is -0.493 e. The topological polar surface area (TPSA) is 47.6 Å². The Morgan fingerprint density at radius 3 is 2.87 bits per heavy atom. The fraction of sp³-hybridized carbons (Fsp3) is 0.278. The van der Waals surface area contributed by atoms with Crippen LogP contribution in [-0.2, 0) is 17.6 Å². The van der Waals surface area contributed by atoms with Crippen molar-refractivity contribution >= 4 is 17.5 Å². The average Bonchev–Trinajstić information content (AvgIpc) is 3.02. The number of halogens is 1. The monoisotopic (exact) mass is 331 g/mol. The number of carbonyl (C=O) groups is 1. The molecule has 4 nitrogen and oxygen atoms in total. The van der Waals surface area contributed by atoms with Crippen molar-refractivity contribution in [2.75, 3.05) is 19.8 Å². The van der Waals surface area contributed by atoms with Crippen molar-refractivity contribution in [2.24, 2.45) is 0 Å². The summed E-state index contributed by atoms with van der Waals surface area (Å²) in [4.78, 5) is 11.8. The third kappa shape index (κ3) is 4.39. The minimum absolute atomic E-state index is 0.000337. The van der Waals surface area contributed by atoms with Gasteiger partial charge in [-0.05, 0) is 47.9 Å². The van der Waals surface area contributed by atoms with Gasteiger partial charge < -0.3 is 14.8 Å². The van der Waals surface area contributed by atoms with E-state index in [0.717, 1.165) is 25.2 Å². The van der Waals surface area contributed by atoms with Crippen molar-refractivity contribution in [3.05, 3.63) is 58.6 Å². The third-order valence-electron chi connectivity index (χ3n) is 3.67. The maximum Gasteiger partial charge on any atom is 0.257 e. The van der Waals surface area contributed by atoms with Crippen LogP contribution >= 0.6 is 11.6 Å². The molecule has 5 heteroatoms. The number of rotatable bonds is 6. The first-order valence-corrected chi connectivity index (χ1v) is 7.98. The molecule has 120 valence electrons. The molecular weight excluding hydrogens is 314 g/mol. The van der Waals surface area contributed by atoms with Crippen LogP contribution in [0, 0.1) is 0 Å². The van der Waals surface area contributed by atoms with Crippen LogP contribution < -0.4 is 14.8 Å². The number of carbonyl (C=O) groups excluding carboxylic acids is 1. The van der Waals surface area contributed by atoms with Gasteiger partial charge in [-0.25, -0.2) is 0 Å². The Labute approximate surface area is 140 Å². The number of hydrogen-bond acceptors (Lipinski definition) is 3. The zero-order chi connectivity index (χ0) is 16.1. The lowest BCUT2D eigenvalue weighted by atomic mass is 10.1. The van der Waals surface area contributed by atoms with Crippen LogP contribution in [0.15, 0.2) is 42.5 Å². The van der Waals surface area contributed by atoms with Crippen molar-refractivity contribution < 1.29 is 14.3 Å². The summed E-state index contributed by atoms with van der Waals surface area (Å²) in [6.07, 6.45) is 1.75. The van der Waals surface area contributed by atoms with E-state index in [9.17, 15) is 4.79 Å². The Balaban J connectivity index is 1.40. The predicted octanol–water partition coefficient (Wildman–Crippen LogP) is 3.01. The smallest absolute Gasteiger partial charge is 0.257 e. The SMILES string of the molecule is O=C(COc1ccc(Cl)cc1)NCCc1ccc2c(c1)CCO2. The van der Waals surface area contributed by atoms with Gasteiger partial charge >= 0.3 is 0 Å². The molecule has 1 heterocycles. The number of hydrogen-bond donors (Lipinski definition) is 1. The fourth-order valence-electron chi connectivity index (χ4n) is 2.47. The van der Waals surface area contributed by atoms with Crippen molar-refractivity contribution in [1.82, 2.24) is 5.32 Å². The molecule has 0 spiro atoms. The van der Waals surface area contributed by atoms with Gasteiger partial charge in [0.1, 0.15) is 11.5 Å². The molecule has 0 fully saturated rings. The Morgan fingerprint density at radius 2 is 2.04 bits per heavy atom. The molecule has 0 saturated carbocycles. The molecule has 0 bridgehead atoms. The molecule has 23 heavy (non-hydrogen) atoms. The van der Waals surface area contributed by atoms with Gasteiger partial charge in [-0.3, -0.25) is 4.79 Å². The van der Waals surface area contributed by atoms with Gasteiger partial charge in [0.15, 0.2) is 6.61 Å². The highest BCUT2D eigenvalue weighted by molar-refractivity contribution is 6.30. The van der Waals surface area contributed by atoms with Crippen LogP contribution in [0.4, 0.5) is 0 Å². The van der Waals surface area contributed by atoms with Crippen molar-refractivity contribution in [1.29, 1.82) is 0 Å². The molecule has 0 aromatic heterocycles. The van der Waals surface area contributed by atoms with Gasteiger partial charge in [0.05, 0.1) is 6.61 Å². The first kappa shape index (κ1) is 15.7. The number of ether oxygens (including phenoxy) is 2. The lowest BCUT2D eigenvalue weighted by molar-refractivity contribution is -0.123. The van der Waals surface area contributed by atoms with E-state index in [-0.39, 0.29) is 12.5 Å². The molecular formula is C18H18ClNO3. The number of amides is 1. The van der Waals surface area contributed by atoms with Crippen LogP contribution in [0.25, 0.3) is 0 Å². The van der Waals surface area contributed by atoms with Gasteiger partial charge in [0, 0.05) is 18.0 Å². The zero-order valence-electron chi connectivity index (χ0n) is 12.7. The summed E-state index contributed by atoms with van der Waals surface area (Å²) in [5.41, 5.74) is 2.45. The maximum absolute atomic E-state index is 11.8. The van der Waals surface area contributed by atoms with E-state index >= 15 is 0 Å². The second-order valence-corrected chi connectivity index (χ2v) is 5.82. The molecule has 1 aliphatic rings. The Morgan fingerprint density at radius 1 is 1.22 bits per heavy atom. The summed E-state index contributed by atoms with van der Waals surface area (Å²) in [7, 11) is 0. The summed E-state index contributed by atoms with van der Waals surface area (Å²) in [6, 6.07) is 13.1. The van der Waals surface area contributed by atoms with Crippen LogP contribution in [0.3, 0.4) is 0 Å². The van der Waals surface area contributed by atoms with Crippen molar-refractivity contribution in [2.45, 2.75) is 12.8 Å². The highest BCUT2D eigenvalue weighted by atomic mass is 35.5. The van der Waals surface area contributed by atoms with Crippen LogP contribution in [-0.4, -0.2) is 25.7 Å². The summed E-state index contributed by atoms with van der Waals surface area (Å²) in [6.45, 7) is 1.35. The van der Waals surface area contributed by atoms with Gasteiger partial charge in [-0.2, -0.15) is 0 Å². The molecule has 0 unspecified atom stereocenters. The Kier molecular flexibility index (Phi) is 5.03. The zero-order valence-corrected chi connectivity index (χ0v) is 13.4. The van der Waals surface area contributed by atoms with Gasteiger partial charge in [0.2, 0.25) is 0 Å². The van der Waals surface area contributed by atoms with E-state index in [1.54, 1.807) is 24.3 Å². The molecule has 3 rings (SSSR count). The largest absolute Gasteiger partial charge is 0.493 e. The van der Waals surface area contributed by atoms with E-state index in [2.05, 4.69) is 11.4 Å². The van der Waals surface area contributed by atoms with E-state index < -0.39 is 0 Å². The van der Waals surface area contributed by atoms with E-state index in [1.165, 1.54) is 11.1 Å². The molecule has 2 aromatic rings. The van der Waals surface area contributed by atoms with Gasteiger partial charge in [-0.1, -0.05) is 23.7 Å². The van der Waals surface area contributed by atoms with Crippen LogP contribution in [0.2, 0.25) is 5.02 Å². The summed E-state index contributed by atoms with van der Waals surface area (Å²) < 4.78 is 10.9. The summed E-state index contributed by atoms with van der Waals surface area (Å²) in [5, 5.41) is 3.50. The highest BCUT2D eigenvalue weighted by Gasteiger charge is 2.11. The van der Waals surface area contributed by atoms with Crippen LogP contribution in [0.5, 0.6) is 11.5 Å². The van der Waals surface area contributed by atoms with Gasteiger partial charge in [-0.15, -0.1) is 0 Å². The lowest BCUT2D eigenvalue weighted by Crippen LogP contribution is -2.30. The van der Waals surface area contributed by atoms with E-state index in [0.29, 0.717) is 17.3 Å². The van der Waals surface area contributed by atoms with E-state index in [4.69, 9.17) is 21.1 Å². The van der Waals surface area contributed by atoms with Gasteiger partial charge in [0.25, 0.3) is 5.91 Å². The highest BCUT2D eigenvalue weighted by Crippen LogP contribution is 2.25. The predicted molar refractivity (Wildman–Crippen MR) is 89.3 cm³/mol. The Hall–Kier alpha value is -2.20. The molecule has 1 N–H and O–H groups in total. The standard InChI is InChI=1S/C18H18ClNO3/c19-15-2-4-16(5-3-15)23-12-18(21)20-9-7-13-1-6-17-14(11-13)8-10-22-17/h1-6,11H,7-10,12H2,(H,20,21). The van der Waals surface area contributed by atoms with E-state index in [1.807, 2.05) is 12.1 Å². The Bertz CT molecular complexity index is 685. The van der Waals surface area contributed by atoms with Crippen LogP contribution in [0.1, 0.15) is 11.1 Å². The molecule has 0 radical (unpaired) electrons. The van der Waals surface area contributed by atoms with Crippen molar-refractivity contribution in [3.63, 3.8) is 0 Å². The number of benzene rings is 2. The molecule has 1 amide bonds. The molecule has 0 atom stereocenters. The molecule has 0 aliphatic carbocycles.